The van der Waals surface area contributed by atoms with Crippen molar-refractivity contribution in [2.24, 2.45) is 0 Å². The van der Waals surface area contributed by atoms with Crippen LogP contribution in [0.1, 0.15) is 5.56 Å². The second-order valence-corrected chi connectivity index (χ2v) is 6.53. The maximum atomic E-state index is 12.3. The van der Waals surface area contributed by atoms with Crippen LogP contribution in [0.3, 0.4) is 0 Å². The molecule has 24 heavy (non-hydrogen) atoms. The Morgan fingerprint density at radius 3 is 2.29 bits per heavy atom. The number of benzene rings is 2. The van der Waals surface area contributed by atoms with E-state index >= 15 is 0 Å². The molecule has 7 heteroatoms. The van der Waals surface area contributed by atoms with E-state index in [0.29, 0.717) is 16.1 Å². The monoisotopic (exact) mass is 360 g/mol. The molecule has 1 unspecified atom stereocenters. The molecule has 1 aromatic heterocycles. The van der Waals surface area contributed by atoms with Crippen LogP contribution in [0.25, 0.3) is 22.3 Å². The lowest BCUT2D eigenvalue weighted by molar-refractivity contribution is 0.563. The van der Waals surface area contributed by atoms with E-state index in [1.54, 1.807) is 54.7 Å². The minimum absolute atomic E-state index is 0.0674. The molecule has 0 amide bonds. The molecule has 0 aliphatic heterocycles. The lowest BCUT2D eigenvalue weighted by Gasteiger charge is -2.09. The van der Waals surface area contributed by atoms with Gasteiger partial charge >= 0.3 is 0 Å². The summed E-state index contributed by atoms with van der Waals surface area (Å²) in [6, 6.07) is 14.1. The van der Waals surface area contributed by atoms with Gasteiger partial charge in [0.1, 0.15) is 0 Å². The Balaban J connectivity index is 2.08. The van der Waals surface area contributed by atoms with E-state index in [2.05, 4.69) is 10.2 Å². The fraction of sp³-hybridized carbons (Fsp3) is 0.0588. The largest absolute Gasteiger partial charge is 0.306 e. The van der Waals surface area contributed by atoms with Gasteiger partial charge < -0.3 is 4.55 Å². The highest BCUT2D eigenvalue weighted by atomic mass is 35.5. The first kappa shape index (κ1) is 16.6. The standard InChI is InChI=1S/C17H13ClN2O3S/c18-14-7-5-13(6-8-14)16-15(9-19-20-17(16)21)12-3-1-11(2-4-12)10-24(22)23/h1-9H,10H2,(H,20,21)(H,22,23). The fourth-order valence-corrected chi connectivity index (χ4v) is 3.05. The Hall–Kier alpha value is -2.28. The molecule has 3 aromatic rings. The van der Waals surface area contributed by atoms with Crippen LogP contribution in [0.4, 0.5) is 0 Å². The molecule has 0 fully saturated rings. The first-order chi connectivity index (χ1) is 11.5. The van der Waals surface area contributed by atoms with Gasteiger partial charge in [0, 0.05) is 10.6 Å². The molecule has 0 radical (unpaired) electrons. The summed E-state index contributed by atoms with van der Waals surface area (Å²) < 4.78 is 19.8. The van der Waals surface area contributed by atoms with Gasteiger partial charge in [-0.25, -0.2) is 9.31 Å². The lowest BCUT2D eigenvalue weighted by atomic mass is 9.97. The van der Waals surface area contributed by atoms with Crippen LogP contribution < -0.4 is 5.56 Å². The van der Waals surface area contributed by atoms with Crippen molar-refractivity contribution in [3.05, 3.63) is 75.7 Å². The highest BCUT2D eigenvalue weighted by Gasteiger charge is 2.12. The number of aromatic amines is 1. The van der Waals surface area contributed by atoms with Crippen molar-refractivity contribution in [3.63, 3.8) is 0 Å². The Morgan fingerprint density at radius 2 is 1.67 bits per heavy atom. The van der Waals surface area contributed by atoms with Gasteiger partial charge in [-0.1, -0.05) is 48.0 Å². The van der Waals surface area contributed by atoms with Crippen LogP contribution in [0.2, 0.25) is 5.02 Å². The molecule has 0 spiro atoms. The molecule has 0 saturated heterocycles. The zero-order valence-electron chi connectivity index (χ0n) is 12.4. The van der Waals surface area contributed by atoms with E-state index < -0.39 is 11.1 Å². The second kappa shape index (κ2) is 7.09. The Kier molecular flexibility index (Phi) is 4.89. The van der Waals surface area contributed by atoms with Gasteiger partial charge in [-0.05, 0) is 28.8 Å². The van der Waals surface area contributed by atoms with Gasteiger partial charge in [-0.2, -0.15) is 5.10 Å². The molecule has 1 atom stereocenters. The van der Waals surface area contributed by atoms with E-state index in [1.165, 1.54) is 0 Å². The van der Waals surface area contributed by atoms with Gasteiger partial charge in [0.2, 0.25) is 0 Å². The summed E-state index contributed by atoms with van der Waals surface area (Å²) >= 11 is 4.02. The predicted molar refractivity (Wildman–Crippen MR) is 95.2 cm³/mol. The third kappa shape index (κ3) is 3.62. The third-order valence-corrected chi connectivity index (χ3v) is 4.38. The van der Waals surface area contributed by atoms with E-state index in [1.807, 2.05) is 0 Å². The van der Waals surface area contributed by atoms with Crippen molar-refractivity contribution in [1.82, 2.24) is 10.2 Å². The number of H-pyrrole nitrogens is 1. The molecule has 0 aliphatic rings. The van der Waals surface area contributed by atoms with Gasteiger partial charge in [0.05, 0.1) is 17.5 Å². The maximum Gasteiger partial charge on any atom is 0.272 e. The van der Waals surface area contributed by atoms with Crippen LogP contribution in [0.15, 0.2) is 59.5 Å². The summed E-state index contributed by atoms with van der Waals surface area (Å²) in [4.78, 5) is 12.3. The molecular formula is C17H13ClN2O3S. The maximum absolute atomic E-state index is 12.3. The minimum atomic E-state index is -1.89. The topological polar surface area (TPSA) is 83.0 Å². The molecule has 1 heterocycles. The second-order valence-electron chi connectivity index (χ2n) is 5.16. The summed E-state index contributed by atoms with van der Waals surface area (Å²) in [6.07, 6.45) is 1.59. The molecule has 2 N–H and O–H groups in total. The van der Waals surface area contributed by atoms with Gasteiger partial charge in [0.15, 0.2) is 11.1 Å². The van der Waals surface area contributed by atoms with Crippen molar-refractivity contribution in [2.75, 3.05) is 0 Å². The zero-order valence-corrected chi connectivity index (χ0v) is 14.0. The molecule has 2 aromatic carbocycles. The molecule has 5 nitrogen and oxygen atoms in total. The molecule has 122 valence electrons. The first-order valence-electron chi connectivity index (χ1n) is 7.05. The zero-order chi connectivity index (χ0) is 17.1. The predicted octanol–water partition coefficient (Wildman–Crippen LogP) is 3.48. The smallest absolute Gasteiger partial charge is 0.272 e. The molecule has 0 saturated carbocycles. The fourth-order valence-electron chi connectivity index (χ4n) is 2.44. The van der Waals surface area contributed by atoms with E-state index in [0.717, 1.165) is 16.7 Å². The minimum Gasteiger partial charge on any atom is -0.306 e. The van der Waals surface area contributed by atoms with E-state index in [4.69, 9.17) is 16.2 Å². The Morgan fingerprint density at radius 1 is 1.04 bits per heavy atom. The highest BCUT2D eigenvalue weighted by Crippen LogP contribution is 2.29. The average molecular weight is 361 g/mol. The molecule has 3 rings (SSSR count). The van der Waals surface area contributed by atoms with Crippen LogP contribution in [0, 0.1) is 0 Å². The number of aromatic nitrogens is 2. The summed E-state index contributed by atoms with van der Waals surface area (Å²) in [5, 5.41) is 6.92. The third-order valence-electron chi connectivity index (χ3n) is 3.54. The van der Waals surface area contributed by atoms with Crippen molar-refractivity contribution in [3.8, 4) is 22.3 Å². The number of nitrogens with zero attached hydrogens (tertiary/aromatic N) is 1. The number of hydrogen-bond donors (Lipinski definition) is 2. The SMILES string of the molecule is O=c1[nH]ncc(-c2ccc(CS(=O)O)cc2)c1-c1ccc(Cl)cc1. The van der Waals surface area contributed by atoms with Gasteiger partial charge in [-0.3, -0.25) is 4.79 Å². The normalized spacial score (nSPS) is 12.1. The quantitative estimate of drug-likeness (QED) is 0.698. The Bertz CT molecular complexity index is 937. The highest BCUT2D eigenvalue weighted by molar-refractivity contribution is 7.78. The van der Waals surface area contributed by atoms with Crippen LogP contribution in [0.5, 0.6) is 0 Å². The molecule has 0 bridgehead atoms. The number of hydrogen-bond acceptors (Lipinski definition) is 3. The van der Waals surface area contributed by atoms with Gasteiger partial charge in [-0.15, -0.1) is 0 Å². The molecular weight excluding hydrogens is 348 g/mol. The van der Waals surface area contributed by atoms with Gasteiger partial charge in [0.25, 0.3) is 5.56 Å². The summed E-state index contributed by atoms with van der Waals surface area (Å²) in [5.41, 5.74) is 3.16. The molecule has 0 aliphatic carbocycles. The Labute approximate surface area is 145 Å². The average Bonchev–Trinajstić information content (AvgIpc) is 2.56. The first-order valence-corrected chi connectivity index (χ1v) is 8.70. The van der Waals surface area contributed by atoms with E-state index in [9.17, 15) is 9.00 Å². The van der Waals surface area contributed by atoms with Crippen molar-refractivity contribution >= 4 is 22.7 Å². The number of halogens is 1. The van der Waals surface area contributed by atoms with Crippen LogP contribution in [-0.2, 0) is 16.8 Å². The summed E-state index contributed by atoms with van der Waals surface area (Å²) in [7, 11) is 0. The summed E-state index contributed by atoms with van der Waals surface area (Å²) in [5.74, 6) is 0.0674. The number of rotatable bonds is 4. The number of nitrogens with one attached hydrogen (secondary N) is 1. The van der Waals surface area contributed by atoms with Crippen molar-refractivity contribution in [2.45, 2.75) is 5.75 Å². The summed E-state index contributed by atoms with van der Waals surface area (Å²) in [6.45, 7) is 0. The van der Waals surface area contributed by atoms with Crippen molar-refractivity contribution < 1.29 is 8.76 Å². The lowest BCUT2D eigenvalue weighted by Crippen LogP contribution is -2.12. The van der Waals surface area contributed by atoms with Crippen LogP contribution >= 0.6 is 11.6 Å². The van der Waals surface area contributed by atoms with Crippen molar-refractivity contribution in [1.29, 1.82) is 0 Å². The van der Waals surface area contributed by atoms with E-state index in [-0.39, 0.29) is 11.3 Å². The van der Waals surface area contributed by atoms with Crippen LogP contribution in [-0.4, -0.2) is 19.0 Å².